The molecule has 114 valence electrons. The molecule has 0 radical (unpaired) electrons. The van der Waals surface area contributed by atoms with Crippen LogP contribution in [0.15, 0.2) is 65.6 Å². The second-order valence-corrected chi connectivity index (χ2v) is 5.31. The van der Waals surface area contributed by atoms with Gasteiger partial charge in [-0.25, -0.2) is 4.98 Å². The zero-order valence-corrected chi connectivity index (χ0v) is 12.6. The van der Waals surface area contributed by atoms with E-state index < -0.39 is 0 Å². The minimum Gasteiger partial charge on any atom is -0.380 e. The maximum absolute atomic E-state index is 5.17. The van der Waals surface area contributed by atoms with Gasteiger partial charge in [0.2, 0.25) is 0 Å². The van der Waals surface area contributed by atoms with Gasteiger partial charge in [0.15, 0.2) is 0 Å². The van der Waals surface area contributed by atoms with Crippen molar-refractivity contribution in [1.82, 2.24) is 14.7 Å². The lowest BCUT2D eigenvalue weighted by atomic mass is 10.1. The first kappa shape index (κ1) is 13.7. The fourth-order valence-corrected chi connectivity index (χ4v) is 2.70. The summed E-state index contributed by atoms with van der Waals surface area (Å²) >= 11 is 0. The molecular weight excluding hydrogens is 290 g/mol. The van der Waals surface area contributed by atoms with Crippen molar-refractivity contribution in [3.05, 3.63) is 66.7 Å². The number of benzene rings is 2. The van der Waals surface area contributed by atoms with Crippen LogP contribution in [0.1, 0.15) is 5.56 Å². The monoisotopic (exact) mass is 305 g/mol. The topological polar surface area (TPSA) is 53.1 Å². The molecule has 0 saturated carbocycles. The van der Waals surface area contributed by atoms with Crippen LogP contribution in [-0.4, -0.2) is 21.8 Å². The van der Waals surface area contributed by atoms with Crippen LogP contribution in [0.3, 0.4) is 0 Å². The van der Waals surface area contributed by atoms with Gasteiger partial charge in [0.1, 0.15) is 18.3 Å². The molecule has 0 N–H and O–H groups in total. The molecule has 2 aromatic heterocycles. The molecule has 4 rings (SSSR count). The normalized spacial score (nSPS) is 11.2. The number of imidazole rings is 1. The van der Waals surface area contributed by atoms with E-state index in [1.807, 2.05) is 30.6 Å². The van der Waals surface area contributed by atoms with Gasteiger partial charge in [-0.2, -0.15) is 0 Å². The Labute approximate surface area is 133 Å². The van der Waals surface area contributed by atoms with Gasteiger partial charge in [-0.3, -0.25) is 4.57 Å². The highest BCUT2D eigenvalue weighted by Gasteiger charge is 2.08. The number of rotatable bonds is 4. The van der Waals surface area contributed by atoms with Crippen LogP contribution in [0.2, 0.25) is 0 Å². The number of hydrogen-bond acceptors (Lipinski definition) is 4. The van der Waals surface area contributed by atoms with Gasteiger partial charge in [0, 0.05) is 24.4 Å². The average molecular weight is 305 g/mol. The van der Waals surface area contributed by atoms with E-state index in [1.54, 1.807) is 13.4 Å². The molecule has 0 fully saturated rings. The van der Waals surface area contributed by atoms with Crippen molar-refractivity contribution in [3.63, 3.8) is 0 Å². The second kappa shape index (κ2) is 5.70. The summed E-state index contributed by atoms with van der Waals surface area (Å²) in [4.78, 5) is 4.50. The van der Waals surface area contributed by atoms with Crippen molar-refractivity contribution < 1.29 is 9.26 Å². The summed E-state index contributed by atoms with van der Waals surface area (Å²) in [5, 5.41) is 3.99. The van der Waals surface area contributed by atoms with Crippen molar-refractivity contribution in [1.29, 1.82) is 0 Å². The van der Waals surface area contributed by atoms with Crippen LogP contribution in [0, 0.1) is 0 Å². The molecular formula is C18H15N3O2. The van der Waals surface area contributed by atoms with E-state index in [2.05, 4.69) is 39.0 Å². The highest BCUT2D eigenvalue weighted by atomic mass is 16.5. The smallest absolute Gasteiger partial charge is 0.124 e. The molecule has 0 amide bonds. The molecule has 23 heavy (non-hydrogen) atoms. The lowest BCUT2D eigenvalue weighted by molar-refractivity contribution is 0.185. The minimum atomic E-state index is 0.588. The quantitative estimate of drug-likeness (QED) is 0.575. The van der Waals surface area contributed by atoms with Gasteiger partial charge >= 0.3 is 0 Å². The zero-order chi connectivity index (χ0) is 15.6. The van der Waals surface area contributed by atoms with Crippen molar-refractivity contribution in [3.8, 4) is 16.9 Å². The summed E-state index contributed by atoms with van der Waals surface area (Å²) < 4.78 is 12.2. The van der Waals surface area contributed by atoms with Crippen molar-refractivity contribution in [2.24, 2.45) is 0 Å². The number of aromatic nitrogens is 3. The van der Waals surface area contributed by atoms with E-state index in [9.17, 15) is 0 Å². The molecule has 0 aliphatic carbocycles. The first-order valence-corrected chi connectivity index (χ1v) is 7.31. The largest absolute Gasteiger partial charge is 0.380 e. The van der Waals surface area contributed by atoms with Gasteiger partial charge in [-0.1, -0.05) is 23.4 Å². The Hall–Kier alpha value is -2.92. The fourth-order valence-electron chi connectivity index (χ4n) is 2.70. The highest BCUT2D eigenvalue weighted by molar-refractivity contribution is 5.78. The Kier molecular flexibility index (Phi) is 3.40. The zero-order valence-electron chi connectivity index (χ0n) is 12.6. The SMILES string of the molecule is COCc1ccc2c(c1)ncn2-c1cccc(-c2ccon2)c1. The first-order chi connectivity index (χ1) is 11.3. The maximum atomic E-state index is 5.17. The summed E-state index contributed by atoms with van der Waals surface area (Å²) in [6.07, 6.45) is 3.41. The molecule has 0 bridgehead atoms. The number of hydrogen-bond donors (Lipinski definition) is 0. The number of methoxy groups -OCH3 is 1. The molecule has 5 heteroatoms. The van der Waals surface area contributed by atoms with Crippen molar-refractivity contribution in [2.45, 2.75) is 6.61 Å². The molecule has 5 nitrogen and oxygen atoms in total. The van der Waals surface area contributed by atoms with E-state index in [1.165, 1.54) is 0 Å². The molecule has 4 aromatic rings. The van der Waals surface area contributed by atoms with Gasteiger partial charge in [0.25, 0.3) is 0 Å². The lowest BCUT2D eigenvalue weighted by Gasteiger charge is -2.06. The third kappa shape index (κ3) is 2.51. The Bertz CT molecular complexity index is 942. The Morgan fingerprint density at radius 3 is 2.91 bits per heavy atom. The lowest BCUT2D eigenvalue weighted by Crippen LogP contribution is -1.93. The second-order valence-electron chi connectivity index (χ2n) is 5.31. The van der Waals surface area contributed by atoms with Gasteiger partial charge in [-0.05, 0) is 29.8 Å². The van der Waals surface area contributed by atoms with Crippen LogP contribution in [-0.2, 0) is 11.3 Å². The van der Waals surface area contributed by atoms with E-state index in [4.69, 9.17) is 9.26 Å². The molecule has 0 saturated heterocycles. The van der Waals surface area contributed by atoms with Gasteiger partial charge in [0.05, 0.1) is 17.6 Å². The summed E-state index contributed by atoms with van der Waals surface area (Å²) in [7, 11) is 1.69. The summed E-state index contributed by atoms with van der Waals surface area (Å²) in [5.41, 5.74) is 5.98. The first-order valence-electron chi connectivity index (χ1n) is 7.31. The van der Waals surface area contributed by atoms with E-state index in [0.29, 0.717) is 6.61 Å². The Morgan fingerprint density at radius 1 is 1.13 bits per heavy atom. The molecule has 2 aromatic carbocycles. The maximum Gasteiger partial charge on any atom is 0.124 e. The van der Waals surface area contributed by atoms with Crippen LogP contribution in [0.25, 0.3) is 28.0 Å². The van der Waals surface area contributed by atoms with Crippen LogP contribution in [0.4, 0.5) is 0 Å². The van der Waals surface area contributed by atoms with Crippen LogP contribution < -0.4 is 0 Å². The predicted octanol–water partition coefficient (Wildman–Crippen LogP) is 3.83. The number of fused-ring (bicyclic) bond motifs is 1. The van der Waals surface area contributed by atoms with Crippen LogP contribution in [0.5, 0.6) is 0 Å². The van der Waals surface area contributed by atoms with Crippen molar-refractivity contribution in [2.75, 3.05) is 7.11 Å². The fraction of sp³-hybridized carbons (Fsp3) is 0.111. The standard InChI is InChI=1S/C18H15N3O2/c1-22-11-13-5-6-18-17(9-13)19-12-21(18)15-4-2-3-14(10-15)16-7-8-23-20-16/h2-10,12H,11H2,1H3. The number of nitrogens with zero attached hydrogens (tertiary/aromatic N) is 3. The molecule has 0 spiro atoms. The van der Waals surface area contributed by atoms with Crippen molar-refractivity contribution >= 4 is 11.0 Å². The summed E-state index contributed by atoms with van der Waals surface area (Å²) in [6.45, 7) is 0.588. The molecule has 0 unspecified atom stereocenters. The molecule has 2 heterocycles. The molecule has 0 aliphatic rings. The van der Waals surface area contributed by atoms with Gasteiger partial charge in [-0.15, -0.1) is 0 Å². The third-order valence-electron chi connectivity index (χ3n) is 3.78. The van der Waals surface area contributed by atoms with E-state index in [-0.39, 0.29) is 0 Å². The highest BCUT2D eigenvalue weighted by Crippen LogP contribution is 2.24. The van der Waals surface area contributed by atoms with E-state index in [0.717, 1.165) is 33.5 Å². The summed E-state index contributed by atoms with van der Waals surface area (Å²) in [6, 6.07) is 16.2. The molecule has 0 atom stereocenters. The predicted molar refractivity (Wildman–Crippen MR) is 87.3 cm³/mol. The molecule has 0 aliphatic heterocycles. The Balaban J connectivity index is 1.79. The Morgan fingerprint density at radius 2 is 2.09 bits per heavy atom. The number of ether oxygens (including phenoxy) is 1. The van der Waals surface area contributed by atoms with Gasteiger partial charge < -0.3 is 9.26 Å². The third-order valence-corrected chi connectivity index (χ3v) is 3.78. The van der Waals surface area contributed by atoms with Crippen LogP contribution >= 0.6 is 0 Å². The average Bonchev–Trinajstić information content (AvgIpc) is 3.25. The van der Waals surface area contributed by atoms with E-state index >= 15 is 0 Å². The minimum absolute atomic E-state index is 0.588. The summed E-state index contributed by atoms with van der Waals surface area (Å²) in [5.74, 6) is 0.